The highest BCUT2D eigenvalue weighted by molar-refractivity contribution is 5.95. The van der Waals surface area contributed by atoms with Crippen molar-refractivity contribution in [3.8, 4) is 0 Å². The molecule has 0 radical (unpaired) electrons. The van der Waals surface area contributed by atoms with Gasteiger partial charge in [-0.2, -0.15) is 0 Å². The summed E-state index contributed by atoms with van der Waals surface area (Å²) in [5, 5.41) is 5.07. The molecule has 23 heavy (non-hydrogen) atoms. The van der Waals surface area contributed by atoms with Crippen LogP contribution in [0.2, 0.25) is 0 Å². The molecule has 0 saturated carbocycles. The molecule has 7 heteroatoms. The molecule has 0 aliphatic carbocycles. The minimum Gasteiger partial charge on any atom is -0.377 e. The third-order valence-electron chi connectivity index (χ3n) is 4.24. The number of urea groups is 1. The molecule has 2 heterocycles. The van der Waals surface area contributed by atoms with Crippen LogP contribution in [0.25, 0.3) is 0 Å². The number of ether oxygens (including phenoxy) is 1. The molecular weight excluding hydrogens is 296 g/mol. The van der Waals surface area contributed by atoms with Gasteiger partial charge < -0.3 is 10.1 Å². The zero-order chi connectivity index (χ0) is 16.7. The summed E-state index contributed by atoms with van der Waals surface area (Å²) >= 11 is 0. The molecule has 2 N–H and O–H groups in total. The maximum absolute atomic E-state index is 11.9. The molecular formula is C16H30N4O3. The summed E-state index contributed by atoms with van der Waals surface area (Å²) in [6, 6.07) is -0.402. The molecule has 3 amide bonds. The summed E-state index contributed by atoms with van der Waals surface area (Å²) in [5.41, 5.74) is 0. The summed E-state index contributed by atoms with van der Waals surface area (Å²) in [6.07, 6.45) is 2.71. The van der Waals surface area contributed by atoms with Gasteiger partial charge in [0, 0.05) is 45.9 Å². The smallest absolute Gasteiger partial charge is 0.321 e. The normalized spacial score (nSPS) is 23.2. The minimum atomic E-state index is -0.402. The van der Waals surface area contributed by atoms with Gasteiger partial charge in [0.25, 0.3) is 0 Å². The van der Waals surface area contributed by atoms with E-state index in [0.29, 0.717) is 18.6 Å². The predicted octanol–water partition coefficient (Wildman–Crippen LogP) is 0.265. The highest BCUT2D eigenvalue weighted by Gasteiger charge is 2.23. The highest BCUT2D eigenvalue weighted by atomic mass is 16.5. The van der Waals surface area contributed by atoms with Crippen molar-refractivity contribution in [1.29, 1.82) is 0 Å². The Balaban J connectivity index is 1.59. The predicted molar refractivity (Wildman–Crippen MR) is 88.2 cm³/mol. The lowest BCUT2D eigenvalue weighted by Gasteiger charge is -2.35. The van der Waals surface area contributed by atoms with Gasteiger partial charge in [-0.05, 0) is 18.8 Å². The van der Waals surface area contributed by atoms with Crippen LogP contribution in [0, 0.1) is 5.92 Å². The quantitative estimate of drug-likeness (QED) is 0.733. The van der Waals surface area contributed by atoms with Crippen LogP contribution in [0.4, 0.5) is 4.79 Å². The van der Waals surface area contributed by atoms with Gasteiger partial charge in [-0.25, -0.2) is 4.79 Å². The summed E-state index contributed by atoms with van der Waals surface area (Å²) in [5.74, 6) is 0.131. The molecule has 0 aromatic heterocycles. The summed E-state index contributed by atoms with van der Waals surface area (Å²) < 4.78 is 5.67. The number of amides is 3. The molecule has 7 nitrogen and oxygen atoms in total. The van der Waals surface area contributed by atoms with E-state index in [4.69, 9.17) is 4.74 Å². The number of carbonyl (C=O) groups is 2. The van der Waals surface area contributed by atoms with Gasteiger partial charge in [0.2, 0.25) is 5.91 Å². The lowest BCUT2D eigenvalue weighted by molar-refractivity contribution is -0.121. The van der Waals surface area contributed by atoms with Crippen LogP contribution in [0.1, 0.15) is 26.7 Å². The molecule has 0 bridgehead atoms. The number of carbonyl (C=O) groups excluding carboxylic acids is 2. The Morgan fingerprint density at radius 1 is 1.17 bits per heavy atom. The number of nitrogens with one attached hydrogen (secondary N) is 2. The van der Waals surface area contributed by atoms with Crippen molar-refractivity contribution >= 4 is 11.9 Å². The first-order valence-electron chi connectivity index (χ1n) is 8.67. The van der Waals surface area contributed by atoms with Crippen LogP contribution in [0.5, 0.6) is 0 Å². The van der Waals surface area contributed by atoms with Crippen LogP contribution in [-0.4, -0.2) is 80.3 Å². The van der Waals surface area contributed by atoms with E-state index in [1.807, 2.05) is 13.8 Å². The van der Waals surface area contributed by atoms with E-state index in [-0.39, 0.29) is 12.5 Å². The minimum absolute atomic E-state index is 0.237. The van der Waals surface area contributed by atoms with Gasteiger partial charge in [0.15, 0.2) is 0 Å². The summed E-state index contributed by atoms with van der Waals surface area (Å²) in [7, 11) is 0. The van der Waals surface area contributed by atoms with Crippen molar-refractivity contribution in [1.82, 2.24) is 20.4 Å². The van der Waals surface area contributed by atoms with Crippen LogP contribution in [-0.2, 0) is 9.53 Å². The van der Waals surface area contributed by atoms with Crippen LogP contribution >= 0.6 is 0 Å². The van der Waals surface area contributed by atoms with E-state index in [9.17, 15) is 9.59 Å². The Bertz CT molecular complexity index is 389. The molecule has 2 fully saturated rings. The Morgan fingerprint density at radius 3 is 2.48 bits per heavy atom. The molecule has 2 aliphatic heterocycles. The van der Waals surface area contributed by atoms with Gasteiger partial charge in [-0.15, -0.1) is 0 Å². The number of hydrogen-bond donors (Lipinski definition) is 2. The fourth-order valence-electron chi connectivity index (χ4n) is 2.92. The van der Waals surface area contributed by atoms with Gasteiger partial charge in [-0.1, -0.05) is 13.8 Å². The Morgan fingerprint density at radius 2 is 1.87 bits per heavy atom. The third-order valence-corrected chi connectivity index (χ3v) is 4.24. The maximum atomic E-state index is 11.9. The molecule has 2 saturated heterocycles. The van der Waals surface area contributed by atoms with E-state index >= 15 is 0 Å². The second-order valence-electron chi connectivity index (χ2n) is 6.86. The second-order valence-corrected chi connectivity index (χ2v) is 6.86. The van der Waals surface area contributed by atoms with Crippen molar-refractivity contribution in [2.24, 2.45) is 5.92 Å². The average molecular weight is 326 g/mol. The number of piperazine rings is 1. The van der Waals surface area contributed by atoms with Crippen LogP contribution in [0.3, 0.4) is 0 Å². The number of rotatable bonds is 6. The first-order chi connectivity index (χ1) is 11.0. The Labute approximate surface area is 138 Å². The number of hydrogen-bond acceptors (Lipinski definition) is 5. The standard InChI is InChI=1S/C16H30N4O3/c1-13(2)10-17-16(22)18-15(21)12-20-7-5-19(6-8-20)11-14-4-3-9-23-14/h13-14H,3-12H2,1-2H3,(H2,17,18,21,22). The van der Waals surface area contributed by atoms with Crippen LogP contribution < -0.4 is 10.6 Å². The second kappa shape index (κ2) is 9.20. The SMILES string of the molecule is CC(C)CNC(=O)NC(=O)CN1CCN(CC2CCCO2)CC1. The van der Waals surface area contributed by atoms with Crippen molar-refractivity contribution in [3.63, 3.8) is 0 Å². The first kappa shape index (κ1) is 18.2. The van der Waals surface area contributed by atoms with Gasteiger partial charge in [-0.3, -0.25) is 19.9 Å². The monoisotopic (exact) mass is 326 g/mol. The molecule has 2 rings (SSSR count). The maximum Gasteiger partial charge on any atom is 0.321 e. The largest absolute Gasteiger partial charge is 0.377 e. The fraction of sp³-hybridized carbons (Fsp3) is 0.875. The molecule has 132 valence electrons. The lowest BCUT2D eigenvalue weighted by atomic mass is 10.2. The Kier molecular flexibility index (Phi) is 7.26. The van der Waals surface area contributed by atoms with Crippen molar-refractivity contribution < 1.29 is 14.3 Å². The zero-order valence-electron chi connectivity index (χ0n) is 14.3. The summed E-state index contributed by atoms with van der Waals surface area (Å²) in [4.78, 5) is 27.9. The van der Waals surface area contributed by atoms with Crippen molar-refractivity contribution in [2.75, 3.05) is 52.4 Å². The molecule has 0 aromatic rings. The highest BCUT2D eigenvalue weighted by Crippen LogP contribution is 2.14. The number of imide groups is 1. The fourth-order valence-corrected chi connectivity index (χ4v) is 2.92. The molecule has 2 aliphatic rings. The third kappa shape index (κ3) is 6.85. The van der Waals surface area contributed by atoms with E-state index in [1.54, 1.807) is 0 Å². The van der Waals surface area contributed by atoms with Crippen LogP contribution in [0.15, 0.2) is 0 Å². The molecule has 1 atom stereocenters. The van der Waals surface area contributed by atoms with E-state index in [0.717, 1.165) is 45.8 Å². The number of nitrogens with zero attached hydrogens (tertiary/aromatic N) is 2. The van der Waals surface area contributed by atoms with Crippen molar-refractivity contribution in [3.05, 3.63) is 0 Å². The Hall–Kier alpha value is -1.18. The molecule has 0 spiro atoms. The average Bonchev–Trinajstić information content (AvgIpc) is 3.00. The first-order valence-corrected chi connectivity index (χ1v) is 8.67. The van der Waals surface area contributed by atoms with Gasteiger partial charge in [0.05, 0.1) is 12.6 Å². The van der Waals surface area contributed by atoms with E-state index < -0.39 is 6.03 Å². The van der Waals surface area contributed by atoms with Crippen molar-refractivity contribution in [2.45, 2.75) is 32.8 Å². The van der Waals surface area contributed by atoms with Gasteiger partial charge >= 0.3 is 6.03 Å². The van der Waals surface area contributed by atoms with Gasteiger partial charge in [0.1, 0.15) is 0 Å². The van der Waals surface area contributed by atoms with E-state index in [2.05, 4.69) is 20.4 Å². The molecule has 1 unspecified atom stereocenters. The topological polar surface area (TPSA) is 73.9 Å². The molecule has 0 aromatic carbocycles. The summed E-state index contributed by atoms with van der Waals surface area (Å²) in [6.45, 7) is 10.4. The lowest BCUT2D eigenvalue weighted by Crippen LogP contribution is -2.52. The zero-order valence-corrected chi connectivity index (χ0v) is 14.3. The van der Waals surface area contributed by atoms with E-state index in [1.165, 1.54) is 6.42 Å².